The number of hydroxylamine groups is 2. The third kappa shape index (κ3) is 4.97. The Kier molecular flexibility index (Phi) is 6.70. The first-order valence-corrected chi connectivity index (χ1v) is 10.0. The lowest BCUT2D eigenvalue weighted by atomic mass is 9.95. The van der Waals surface area contributed by atoms with Gasteiger partial charge in [0.1, 0.15) is 23.9 Å². The van der Waals surface area contributed by atoms with E-state index in [1.54, 1.807) is 13.0 Å². The number of halogens is 5. The Morgan fingerprint density at radius 1 is 1.09 bits per heavy atom. The summed E-state index contributed by atoms with van der Waals surface area (Å²) < 4.78 is 67.1. The van der Waals surface area contributed by atoms with Gasteiger partial charge in [-0.3, -0.25) is 20.1 Å². The van der Waals surface area contributed by atoms with E-state index in [4.69, 9.17) is 10.6 Å². The fourth-order valence-electron chi connectivity index (χ4n) is 3.41. The van der Waals surface area contributed by atoms with E-state index in [2.05, 4.69) is 15.0 Å². The molecule has 2 aromatic heterocycles. The summed E-state index contributed by atoms with van der Waals surface area (Å²) in [5.74, 6) is -0.514. The largest absolute Gasteiger partial charge is 0.320 e. The molecule has 12 heteroatoms. The monoisotopic (exact) mass is 478 g/mol. The first kappa shape index (κ1) is 23.5. The zero-order valence-corrected chi connectivity index (χ0v) is 17.7. The van der Waals surface area contributed by atoms with Gasteiger partial charge in [0.2, 0.25) is 0 Å². The van der Waals surface area contributed by atoms with Crippen molar-refractivity contribution in [1.82, 2.24) is 19.6 Å². The summed E-state index contributed by atoms with van der Waals surface area (Å²) in [6, 6.07) is 8.21. The van der Waals surface area contributed by atoms with Gasteiger partial charge in [-0.05, 0) is 48.9 Å². The molecule has 0 spiro atoms. The Balaban J connectivity index is 1.72. The zero-order valence-electron chi connectivity index (χ0n) is 17.7. The number of alkyl halides is 4. The first-order valence-electron chi connectivity index (χ1n) is 10.0. The van der Waals surface area contributed by atoms with E-state index in [1.165, 1.54) is 42.7 Å². The molecule has 2 N–H and O–H groups in total. The molecule has 7 nitrogen and oxygen atoms in total. The van der Waals surface area contributed by atoms with Crippen molar-refractivity contribution in [2.24, 2.45) is 10.7 Å². The number of rotatable bonds is 7. The number of nitrogens with zero attached hydrogens (tertiary/aromatic N) is 5. The van der Waals surface area contributed by atoms with E-state index in [0.29, 0.717) is 32.7 Å². The van der Waals surface area contributed by atoms with Crippen LogP contribution in [0.2, 0.25) is 0 Å². The number of aromatic nitrogens is 3. The summed E-state index contributed by atoms with van der Waals surface area (Å²) in [5.41, 5.74) is 7.51. The number of benzene rings is 1. The molecule has 0 saturated heterocycles. The van der Waals surface area contributed by atoms with Gasteiger partial charge in [0.25, 0.3) is 6.43 Å². The number of aliphatic imine (C=N–C) groups is 1. The average Bonchev–Trinajstić information content (AvgIpc) is 3.27. The van der Waals surface area contributed by atoms with Crippen molar-refractivity contribution >= 4 is 11.3 Å². The number of pyridine rings is 1. The molecule has 1 atom stereocenters. The Bertz CT molecular complexity index is 1220. The second-order valence-electron chi connectivity index (χ2n) is 7.33. The van der Waals surface area contributed by atoms with E-state index >= 15 is 0 Å². The van der Waals surface area contributed by atoms with Crippen molar-refractivity contribution in [3.8, 4) is 0 Å². The number of hydrogen-bond acceptors (Lipinski definition) is 6. The highest BCUT2D eigenvalue weighted by atomic mass is 19.3. The summed E-state index contributed by atoms with van der Waals surface area (Å²) in [6.45, 7) is -1.59. The maximum absolute atomic E-state index is 13.5. The standard InChI is InChI=1S/C22H19F5N6O/c1-12-8-14(9-17(30-12)20(24)25)16-10-33(34-11-18-29-6-7-32(18)21(26)27)22(28)31-19(16)13-2-4-15(23)5-3-13/h2-10,20-22H,11,28H2,1H3. The van der Waals surface area contributed by atoms with Crippen LogP contribution in [0.4, 0.5) is 22.0 Å². The van der Waals surface area contributed by atoms with E-state index < -0.39 is 30.8 Å². The lowest BCUT2D eigenvalue weighted by molar-refractivity contribution is -0.160. The quantitative estimate of drug-likeness (QED) is 0.503. The SMILES string of the molecule is Cc1cc(C2=CN(OCc3nccn3C(F)F)C(N)N=C2c2ccc(F)cc2)cc(C(F)F)n1. The van der Waals surface area contributed by atoms with Crippen LogP contribution in [0.3, 0.4) is 0 Å². The predicted molar refractivity (Wildman–Crippen MR) is 113 cm³/mol. The number of nitrogens with two attached hydrogens (primary N) is 1. The Hall–Kier alpha value is -3.64. The van der Waals surface area contributed by atoms with Crippen LogP contribution >= 0.6 is 0 Å². The third-order valence-corrected chi connectivity index (χ3v) is 4.96. The van der Waals surface area contributed by atoms with Crippen molar-refractivity contribution in [1.29, 1.82) is 0 Å². The number of hydrogen-bond donors (Lipinski definition) is 1. The number of allylic oxidation sites excluding steroid dienone is 1. The summed E-state index contributed by atoms with van der Waals surface area (Å²) in [7, 11) is 0. The summed E-state index contributed by atoms with van der Waals surface area (Å²) in [4.78, 5) is 17.7. The first-order chi connectivity index (χ1) is 16.2. The molecule has 0 radical (unpaired) electrons. The number of imidazole rings is 1. The Morgan fingerprint density at radius 3 is 2.50 bits per heavy atom. The fraction of sp³-hybridized carbons (Fsp3) is 0.227. The molecule has 3 aromatic rings. The van der Waals surface area contributed by atoms with E-state index in [9.17, 15) is 22.0 Å². The van der Waals surface area contributed by atoms with Gasteiger partial charge < -0.3 is 0 Å². The maximum atomic E-state index is 13.5. The van der Waals surface area contributed by atoms with Crippen molar-refractivity contribution in [2.45, 2.75) is 32.8 Å². The predicted octanol–water partition coefficient (Wildman–Crippen LogP) is 4.58. The van der Waals surface area contributed by atoms with Gasteiger partial charge in [0.05, 0.1) is 5.71 Å². The number of aryl methyl sites for hydroxylation is 1. The van der Waals surface area contributed by atoms with Gasteiger partial charge in [0.15, 0.2) is 6.29 Å². The molecule has 1 aliphatic rings. The van der Waals surface area contributed by atoms with Crippen molar-refractivity contribution in [3.05, 3.63) is 89.1 Å². The lowest BCUT2D eigenvalue weighted by Gasteiger charge is -2.30. The molecular formula is C22H19F5N6O. The van der Waals surface area contributed by atoms with E-state index in [0.717, 1.165) is 11.3 Å². The molecule has 0 saturated carbocycles. The van der Waals surface area contributed by atoms with Crippen LogP contribution in [-0.4, -0.2) is 31.6 Å². The highest BCUT2D eigenvalue weighted by Gasteiger charge is 2.26. The minimum atomic E-state index is -2.81. The van der Waals surface area contributed by atoms with E-state index in [1.807, 2.05) is 0 Å². The van der Waals surface area contributed by atoms with Gasteiger partial charge in [-0.15, -0.1) is 0 Å². The maximum Gasteiger partial charge on any atom is 0.320 e. The van der Waals surface area contributed by atoms with Crippen LogP contribution in [0.25, 0.3) is 5.57 Å². The molecular weight excluding hydrogens is 459 g/mol. The molecule has 1 unspecified atom stereocenters. The normalized spacial score (nSPS) is 16.3. The van der Waals surface area contributed by atoms with Gasteiger partial charge in [-0.25, -0.2) is 28.2 Å². The van der Waals surface area contributed by atoms with Crippen LogP contribution in [-0.2, 0) is 11.4 Å². The van der Waals surface area contributed by atoms with Gasteiger partial charge in [-0.1, -0.05) is 0 Å². The average molecular weight is 478 g/mol. The van der Waals surface area contributed by atoms with E-state index in [-0.39, 0.29) is 12.4 Å². The summed E-state index contributed by atoms with van der Waals surface area (Å²) in [6.07, 6.45) is -0.167. The molecule has 0 fully saturated rings. The fourth-order valence-corrected chi connectivity index (χ4v) is 3.41. The molecule has 1 aliphatic heterocycles. The molecule has 1 aromatic carbocycles. The lowest BCUT2D eigenvalue weighted by Crippen LogP contribution is -2.41. The molecule has 4 rings (SSSR count). The smallest absolute Gasteiger partial charge is 0.291 e. The van der Waals surface area contributed by atoms with Crippen LogP contribution < -0.4 is 5.73 Å². The second-order valence-corrected chi connectivity index (χ2v) is 7.33. The Morgan fingerprint density at radius 2 is 1.82 bits per heavy atom. The molecule has 34 heavy (non-hydrogen) atoms. The van der Waals surface area contributed by atoms with Crippen molar-refractivity contribution in [2.75, 3.05) is 0 Å². The highest BCUT2D eigenvalue weighted by Crippen LogP contribution is 2.29. The van der Waals surface area contributed by atoms with Crippen LogP contribution in [0.5, 0.6) is 0 Å². The van der Waals surface area contributed by atoms with Crippen LogP contribution in [0, 0.1) is 12.7 Å². The molecule has 178 valence electrons. The van der Waals surface area contributed by atoms with Gasteiger partial charge in [0, 0.05) is 35.4 Å². The zero-order chi connectivity index (χ0) is 24.4. The van der Waals surface area contributed by atoms with Gasteiger partial charge >= 0.3 is 6.55 Å². The van der Waals surface area contributed by atoms with Gasteiger partial charge in [-0.2, -0.15) is 8.78 Å². The third-order valence-electron chi connectivity index (χ3n) is 4.96. The minimum absolute atomic E-state index is 0.0507. The molecule has 3 heterocycles. The van der Waals surface area contributed by atoms with Crippen LogP contribution in [0.1, 0.15) is 41.3 Å². The molecule has 0 aliphatic carbocycles. The summed E-state index contributed by atoms with van der Waals surface area (Å²) >= 11 is 0. The Labute approximate surface area is 191 Å². The second kappa shape index (κ2) is 9.69. The molecule has 0 amide bonds. The van der Waals surface area contributed by atoms with Crippen LogP contribution in [0.15, 0.2) is 60.0 Å². The molecule has 0 bridgehead atoms. The van der Waals surface area contributed by atoms with Crippen molar-refractivity contribution < 1.29 is 26.8 Å². The minimum Gasteiger partial charge on any atom is -0.291 e. The summed E-state index contributed by atoms with van der Waals surface area (Å²) in [5, 5.41) is 1.12. The van der Waals surface area contributed by atoms with Crippen molar-refractivity contribution in [3.63, 3.8) is 0 Å². The highest BCUT2D eigenvalue weighted by molar-refractivity contribution is 6.32. The topological polar surface area (TPSA) is 81.6 Å².